The van der Waals surface area contributed by atoms with Gasteiger partial charge in [-0.15, -0.1) is 0 Å². The summed E-state index contributed by atoms with van der Waals surface area (Å²) in [6.07, 6.45) is 1.09. The van der Waals surface area contributed by atoms with Crippen molar-refractivity contribution in [2.75, 3.05) is 33.9 Å². The molecule has 3 heterocycles. The number of hydrogen-bond acceptors (Lipinski definition) is 5. The molecule has 2 saturated heterocycles. The highest BCUT2D eigenvalue weighted by Gasteiger charge is 2.53. The van der Waals surface area contributed by atoms with Gasteiger partial charge in [0.1, 0.15) is 23.7 Å². The number of benzene rings is 1. The molecular formula is C21H27NO4. The van der Waals surface area contributed by atoms with Crippen LogP contribution in [0.2, 0.25) is 0 Å². The molecule has 2 aliphatic rings. The molecule has 5 nitrogen and oxygen atoms in total. The Labute approximate surface area is 154 Å². The van der Waals surface area contributed by atoms with Crippen LogP contribution in [0.3, 0.4) is 0 Å². The molecule has 140 valence electrons. The Morgan fingerprint density at radius 3 is 2.69 bits per heavy atom. The second-order valence-electron chi connectivity index (χ2n) is 7.38. The lowest BCUT2D eigenvalue weighted by Gasteiger charge is -2.28. The molecule has 1 aromatic heterocycles. The number of rotatable bonds is 6. The minimum Gasteiger partial charge on any atom is -0.462 e. The first-order valence-electron chi connectivity index (χ1n) is 9.23. The summed E-state index contributed by atoms with van der Waals surface area (Å²) in [6.45, 7) is 3.76. The van der Waals surface area contributed by atoms with Crippen LogP contribution in [-0.2, 0) is 27.4 Å². The smallest absolute Gasteiger partial charge is 0.129 e. The highest BCUT2D eigenvalue weighted by atomic mass is 16.6. The van der Waals surface area contributed by atoms with Crippen LogP contribution in [0.5, 0.6) is 0 Å². The van der Waals surface area contributed by atoms with Gasteiger partial charge in [0.25, 0.3) is 0 Å². The van der Waals surface area contributed by atoms with Gasteiger partial charge < -0.3 is 18.6 Å². The van der Waals surface area contributed by atoms with Crippen molar-refractivity contribution in [2.45, 2.75) is 37.2 Å². The third kappa shape index (κ3) is 3.45. The van der Waals surface area contributed by atoms with E-state index in [2.05, 4.69) is 35.2 Å². The summed E-state index contributed by atoms with van der Waals surface area (Å²) in [6, 6.07) is 14.7. The van der Waals surface area contributed by atoms with Gasteiger partial charge in [-0.3, -0.25) is 4.90 Å². The van der Waals surface area contributed by atoms with Gasteiger partial charge in [0.05, 0.1) is 19.3 Å². The highest BCUT2D eigenvalue weighted by Crippen LogP contribution is 2.43. The molecule has 4 rings (SSSR count). The van der Waals surface area contributed by atoms with Crippen LogP contribution in [0.25, 0.3) is 0 Å². The lowest BCUT2D eigenvalue weighted by atomic mass is 9.87. The molecule has 1 spiro atoms. The number of nitrogens with zero attached hydrogens (tertiary/aromatic N) is 1. The summed E-state index contributed by atoms with van der Waals surface area (Å²) in [4.78, 5) is 2.37. The maximum absolute atomic E-state index is 6.37. The minimum atomic E-state index is -0.225. The number of likely N-dealkylation sites (tertiary alicyclic amines) is 1. The fraction of sp³-hybridized carbons (Fsp3) is 0.524. The van der Waals surface area contributed by atoms with E-state index in [-0.39, 0.29) is 11.7 Å². The molecule has 26 heavy (non-hydrogen) atoms. The summed E-state index contributed by atoms with van der Waals surface area (Å²) >= 11 is 0. The zero-order valence-electron chi connectivity index (χ0n) is 15.5. The van der Waals surface area contributed by atoms with Crippen molar-refractivity contribution in [3.63, 3.8) is 0 Å². The maximum atomic E-state index is 6.37. The number of ether oxygens (including phenoxy) is 3. The van der Waals surface area contributed by atoms with E-state index >= 15 is 0 Å². The summed E-state index contributed by atoms with van der Waals surface area (Å²) in [5, 5.41) is 0. The van der Waals surface area contributed by atoms with Crippen LogP contribution in [0.4, 0.5) is 0 Å². The Balaban J connectivity index is 1.44. The number of hydrogen-bond donors (Lipinski definition) is 0. The molecule has 0 unspecified atom stereocenters. The average Bonchev–Trinajstić information content (AvgIpc) is 3.37. The standard InChI is InChI=1S/C21H27NO4/c1-23-14-19-9-8-18(26-19)11-22-12-20(24-2)21(15-22)10-17(13-25-21)16-6-4-3-5-7-16/h3-9,17,20H,10-15H2,1-2H3/t17-,20-,21-/m1/s1. The van der Waals surface area contributed by atoms with Crippen LogP contribution in [-0.4, -0.2) is 50.5 Å². The van der Waals surface area contributed by atoms with E-state index in [0.717, 1.165) is 44.2 Å². The Hall–Kier alpha value is -1.66. The van der Waals surface area contributed by atoms with Gasteiger partial charge in [-0.25, -0.2) is 0 Å². The number of methoxy groups -OCH3 is 2. The molecule has 0 bridgehead atoms. The predicted molar refractivity (Wildman–Crippen MR) is 98.0 cm³/mol. The first kappa shape index (κ1) is 17.7. The van der Waals surface area contributed by atoms with Crippen LogP contribution in [0, 0.1) is 0 Å². The van der Waals surface area contributed by atoms with Crippen molar-refractivity contribution in [3.8, 4) is 0 Å². The third-order valence-electron chi connectivity index (χ3n) is 5.60. The maximum Gasteiger partial charge on any atom is 0.129 e. The predicted octanol–water partition coefficient (Wildman–Crippen LogP) is 3.20. The van der Waals surface area contributed by atoms with Crippen molar-refractivity contribution in [1.29, 1.82) is 0 Å². The van der Waals surface area contributed by atoms with Crippen LogP contribution in [0.1, 0.15) is 29.4 Å². The van der Waals surface area contributed by atoms with Gasteiger partial charge in [0.2, 0.25) is 0 Å². The largest absolute Gasteiger partial charge is 0.462 e. The molecule has 2 fully saturated rings. The second kappa shape index (κ2) is 7.53. The van der Waals surface area contributed by atoms with Crippen molar-refractivity contribution in [2.24, 2.45) is 0 Å². The SMILES string of the molecule is COCc1ccc(CN2C[C@@H](OC)[C@@]3(C[C@@H](c4ccccc4)CO3)C2)o1. The second-order valence-corrected chi connectivity index (χ2v) is 7.38. The van der Waals surface area contributed by atoms with E-state index < -0.39 is 0 Å². The Morgan fingerprint density at radius 1 is 1.12 bits per heavy atom. The van der Waals surface area contributed by atoms with E-state index in [0.29, 0.717) is 12.5 Å². The van der Waals surface area contributed by atoms with Gasteiger partial charge in [-0.05, 0) is 24.1 Å². The van der Waals surface area contributed by atoms with Gasteiger partial charge in [0, 0.05) is 33.2 Å². The lowest BCUT2D eigenvalue weighted by Crippen LogP contribution is -2.42. The Kier molecular flexibility index (Phi) is 5.14. The van der Waals surface area contributed by atoms with Crippen LogP contribution >= 0.6 is 0 Å². The Bertz CT molecular complexity index is 716. The molecule has 5 heteroatoms. The van der Waals surface area contributed by atoms with Crippen LogP contribution < -0.4 is 0 Å². The van der Waals surface area contributed by atoms with E-state index in [1.165, 1.54) is 5.56 Å². The van der Waals surface area contributed by atoms with Crippen molar-refractivity contribution < 1.29 is 18.6 Å². The zero-order valence-corrected chi connectivity index (χ0v) is 15.5. The third-order valence-corrected chi connectivity index (χ3v) is 5.60. The van der Waals surface area contributed by atoms with E-state index in [9.17, 15) is 0 Å². The average molecular weight is 357 g/mol. The highest BCUT2D eigenvalue weighted by molar-refractivity contribution is 5.23. The summed E-state index contributed by atoms with van der Waals surface area (Å²) < 4.78 is 23.2. The molecule has 1 aromatic carbocycles. The van der Waals surface area contributed by atoms with E-state index in [1.807, 2.05) is 12.1 Å². The summed E-state index contributed by atoms with van der Waals surface area (Å²) in [5.41, 5.74) is 1.13. The van der Waals surface area contributed by atoms with E-state index in [1.54, 1.807) is 14.2 Å². The van der Waals surface area contributed by atoms with E-state index in [4.69, 9.17) is 18.6 Å². The molecule has 0 saturated carbocycles. The van der Waals surface area contributed by atoms with Gasteiger partial charge >= 0.3 is 0 Å². The quantitative estimate of drug-likeness (QED) is 0.794. The Morgan fingerprint density at radius 2 is 1.92 bits per heavy atom. The summed E-state index contributed by atoms with van der Waals surface area (Å²) in [7, 11) is 3.47. The molecule has 0 radical (unpaired) electrons. The monoisotopic (exact) mass is 357 g/mol. The first-order valence-corrected chi connectivity index (χ1v) is 9.23. The topological polar surface area (TPSA) is 44.1 Å². The lowest BCUT2D eigenvalue weighted by molar-refractivity contribution is -0.0757. The molecule has 0 amide bonds. The first-order chi connectivity index (χ1) is 12.7. The minimum absolute atomic E-state index is 0.0876. The van der Waals surface area contributed by atoms with Crippen molar-refractivity contribution >= 4 is 0 Å². The molecule has 0 aliphatic carbocycles. The fourth-order valence-corrected chi connectivity index (χ4v) is 4.38. The molecule has 2 aromatic rings. The van der Waals surface area contributed by atoms with Gasteiger partial charge in [0.15, 0.2) is 0 Å². The molecular weight excluding hydrogens is 330 g/mol. The van der Waals surface area contributed by atoms with Crippen molar-refractivity contribution in [1.82, 2.24) is 4.90 Å². The molecule has 2 aliphatic heterocycles. The van der Waals surface area contributed by atoms with Gasteiger partial charge in [-0.1, -0.05) is 30.3 Å². The van der Waals surface area contributed by atoms with Crippen LogP contribution in [0.15, 0.2) is 46.9 Å². The molecule has 3 atom stereocenters. The van der Waals surface area contributed by atoms with Gasteiger partial charge in [-0.2, -0.15) is 0 Å². The van der Waals surface area contributed by atoms with Crippen molar-refractivity contribution in [3.05, 3.63) is 59.5 Å². The summed E-state index contributed by atoms with van der Waals surface area (Å²) in [5.74, 6) is 2.26. The normalized spacial score (nSPS) is 29.0. The zero-order chi connectivity index (χ0) is 18.0. The number of furan rings is 1. The molecule has 0 N–H and O–H groups in total. The fourth-order valence-electron chi connectivity index (χ4n) is 4.38.